The van der Waals surface area contributed by atoms with Crippen LogP contribution in [0, 0.1) is 0 Å². The van der Waals surface area contributed by atoms with E-state index in [1.807, 2.05) is 6.08 Å². The van der Waals surface area contributed by atoms with E-state index in [1.165, 1.54) is 24.8 Å². The molecule has 1 atom stereocenters. The zero-order valence-electron chi connectivity index (χ0n) is 10.1. The number of nitrogens with zero attached hydrogens (tertiary/aromatic N) is 1. The summed E-state index contributed by atoms with van der Waals surface area (Å²) in [5.41, 5.74) is 1.37. The van der Waals surface area contributed by atoms with Crippen LogP contribution in [0.2, 0.25) is 0 Å². The molecule has 0 saturated carbocycles. The first-order valence-electron chi connectivity index (χ1n) is 5.66. The molecule has 1 nitrogen and oxygen atoms in total. The predicted octanol–water partition coefficient (Wildman–Crippen LogP) is 3.63. The third kappa shape index (κ3) is 4.61. The van der Waals surface area contributed by atoms with E-state index in [2.05, 4.69) is 39.0 Å². The molecule has 0 aliphatic carbocycles. The molecule has 1 heteroatoms. The zero-order valence-corrected chi connectivity index (χ0v) is 10.1. The Labute approximate surface area is 89.5 Å². The maximum atomic E-state index is 4.19. The second-order valence-corrected chi connectivity index (χ2v) is 3.94. The van der Waals surface area contributed by atoms with Crippen molar-refractivity contribution in [2.45, 2.75) is 45.6 Å². The Balaban J connectivity index is 4.24. The van der Waals surface area contributed by atoms with Gasteiger partial charge in [0.25, 0.3) is 0 Å². The Morgan fingerprint density at radius 1 is 1.36 bits per heavy atom. The SMILES string of the molecule is C=CCN(C)C(CCC)C(=C)CCC. The first-order valence-corrected chi connectivity index (χ1v) is 5.66. The van der Waals surface area contributed by atoms with Crippen LogP contribution < -0.4 is 0 Å². The van der Waals surface area contributed by atoms with E-state index in [0.717, 1.165) is 13.0 Å². The normalized spacial score (nSPS) is 12.9. The second-order valence-electron chi connectivity index (χ2n) is 3.94. The van der Waals surface area contributed by atoms with Gasteiger partial charge in [0, 0.05) is 12.6 Å². The van der Waals surface area contributed by atoms with Crippen molar-refractivity contribution in [2.24, 2.45) is 0 Å². The van der Waals surface area contributed by atoms with Crippen LogP contribution in [0.3, 0.4) is 0 Å². The molecule has 0 N–H and O–H groups in total. The van der Waals surface area contributed by atoms with E-state index < -0.39 is 0 Å². The van der Waals surface area contributed by atoms with Gasteiger partial charge in [-0.3, -0.25) is 4.90 Å². The predicted molar refractivity (Wildman–Crippen MR) is 65.6 cm³/mol. The Morgan fingerprint density at radius 2 is 2.00 bits per heavy atom. The van der Waals surface area contributed by atoms with Crippen LogP contribution in [0.25, 0.3) is 0 Å². The van der Waals surface area contributed by atoms with Crippen LogP contribution in [0.5, 0.6) is 0 Å². The Kier molecular flexibility index (Phi) is 7.50. The molecule has 82 valence electrons. The van der Waals surface area contributed by atoms with E-state index in [9.17, 15) is 0 Å². The summed E-state index contributed by atoms with van der Waals surface area (Å²) in [6.45, 7) is 13.4. The molecule has 0 aliphatic rings. The van der Waals surface area contributed by atoms with Gasteiger partial charge < -0.3 is 0 Å². The summed E-state index contributed by atoms with van der Waals surface area (Å²) >= 11 is 0. The lowest BCUT2D eigenvalue weighted by atomic mass is 9.98. The van der Waals surface area contributed by atoms with Gasteiger partial charge in [-0.1, -0.05) is 44.9 Å². The Hall–Kier alpha value is -0.560. The van der Waals surface area contributed by atoms with Crippen molar-refractivity contribution in [1.82, 2.24) is 4.90 Å². The van der Waals surface area contributed by atoms with E-state index in [1.54, 1.807) is 0 Å². The number of likely N-dealkylation sites (N-methyl/N-ethyl adjacent to an activating group) is 1. The minimum atomic E-state index is 0.540. The maximum Gasteiger partial charge on any atom is 0.0305 e. The Morgan fingerprint density at radius 3 is 2.43 bits per heavy atom. The van der Waals surface area contributed by atoms with Crippen molar-refractivity contribution in [1.29, 1.82) is 0 Å². The van der Waals surface area contributed by atoms with Gasteiger partial charge in [-0.05, 0) is 19.9 Å². The van der Waals surface area contributed by atoms with Gasteiger partial charge in [-0.2, -0.15) is 0 Å². The van der Waals surface area contributed by atoms with Gasteiger partial charge in [0.15, 0.2) is 0 Å². The summed E-state index contributed by atoms with van der Waals surface area (Å²) in [4.78, 5) is 2.34. The summed E-state index contributed by atoms with van der Waals surface area (Å²) in [6.07, 6.45) is 6.73. The summed E-state index contributed by atoms with van der Waals surface area (Å²) in [6, 6.07) is 0.540. The molecule has 0 heterocycles. The third-order valence-electron chi connectivity index (χ3n) is 2.55. The van der Waals surface area contributed by atoms with Gasteiger partial charge in [0.1, 0.15) is 0 Å². The lowest BCUT2D eigenvalue weighted by Gasteiger charge is -2.28. The van der Waals surface area contributed by atoms with Gasteiger partial charge >= 0.3 is 0 Å². The highest BCUT2D eigenvalue weighted by Crippen LogP contribution is 2.17. The Bertz CT molecular complexity index is 172. The number of rotatable bonds is 8. The zero-order chi connectivity index (χ0) is 11.0. The third-order valence-corrected chi connectivity index (χ3v) is 2.55. The fraction of sp³-hybridized carbons (Fsp3) is 0.692. The maximum absolute atomic E-state index is 4.19. The molecule has 0 rings (SSSR count). The van der Waals surface area contributed by atoms with Crippen LogP contribution >= 0.6 is 0 Å². The average Bonchev–Trinajstić information content (AvgIpc) is 2.14. The summed E-state index contributed by atoms with van der Waals surface area (Å²) in [5, 5.41) is 0. The molecule has 0 amide bonds. The highest BCUT2D eigenvalue weighted by atomic mass is 15.1. The first-order chi connectivity index (χ1) is 6.67. The smallest absolute Gasteiger partial charge is 0.0305 e. The molecule has 0 aromatic heterocycles. The molecule has 0 aromatic rings. The molecule has 0 saturated heterocycles. The van der Waals surface area contributed by atoms with Crippen LogP contribution in [-0.4, -0.2) is 24.5 Å². The van der Waals surface area contributed by atoms with E-state index in [-0.39, 0.29) is 0 Å². The topological polar surface area (TPSA) is 3.24 Å². The van der Waals surface area contributed by atoms with Gasteiger partial charge in [-0.25, -0.2) is 0 Å². The van der Waals surface area contributed by atoms with Crippen molar-refractivity contribution < 1.29 is 0 Å². The van der Waals surface area contributed by atoms with E-state index in [0.29, 0.717) is 6.04 Å². The van der Waals surface area contributed by atoms with Crippen LogP contribution in [0.1, 0.15) is 39.5 Å². The van der Waals surface area contributed by atoms with Crippen LogP contribution in [-0.2, 0) is 0 Å². The standard InChI is InChI=1S/C13H25N/c1-6-9-12(4)13(10-7-2)14(5)11-8-3/h8,13H,3-4,6-7,9-11H2,1-2,5H3. The number of hydrogen-bond donors (Lipinski definition) is 0. The van der Waals surface area contributed by atoms with Gasteiger partial charge in [0.05, 0.1) is 0 Å². The van der Waals surface area contributed by atoms with Crippen molar-refractivity contribution in [2.75, 3.05) is 13.6 Å². The quantitative estimate of drug-likeness (QED) is 0.535. The number of hydrogen-bond acceptors (Lipinski definition) is 1. The highest BCUT2D eigenvalue weighted by Gasteiger charge is 2.15. The minimum Gasteiger partial charge on any atom is -0.296 e. The van der Waals surface area contributed by atoms with Crippen LogP contribution in [0.4, 0.5) is 0 Å². The van der Waals surface area contributed by atoms with Crippen molar-refractivity contribution in [3.05, 3.63) is 24.8 Å². The molecule has 1 unspecified atom stereocenters. The van der Waals surface area contributed by atoms with E-state index >= 15 is 0 Å². The molecule has 0 bridgehead atoms. The van der Waals surface area contributed by atoms with Crippen molar-refractivity contribution in [3.8, 4) is 0 Å². The summed E-state index contributed by atoms with van der Waals surface area (Å²) < 4.78 is 0. The van der Waals surface area contributed by atoms with Gasteiger partial charge in [0.2, 0.25) is 0 Å². The second kappa shape index (κ2) is 7.81. The molecular formula is C13H25N. The van der Waals surface area contributed by atoms with Crippen LogP contribution in [0.15, 0.2) is 24.8 Å². The van der Waals surface area contributed by atoms with E-state index in [4.69, 9.17) is 0 Å². The monoisotopic (exact) mass is 195 g/mol. The molecule has 0 aliphatic heterocycles. The fourth-order valence-electron chi connectivity index (χ4n) is 1.83. The lowest BCUT2D eigenvalue weighted by molar-refractivity contribution is 0.280. The molecule has 0 spiro atoms. The summed E-state index contributed by atoms with van der Waals surface area (Å²) in [5.74, 6) is 0. The minimum absolute atomic E-state index is 0.540. The van der Waals surface area contributed by atoms with Crippen molar-refractivity contribution >= 4 is 0 Å². The average molecular weight is 195 g/mol. The largest absolute Gasteiger partial charge is 0.296 e. The summed E-state index contributed by atoms with van der Waals surface area (Å²) in [7, 11) is 2.16. The molecule has 0 aromatic carbocycles. The van der Waals surface area contributed by atoms with Gasteiger partial charge in [-0.15, -0.1) is 6.58 Å². The lowest BCUT2D eigenvalue weighted by Crippen LogP contribution is -2.33. The fourth-order valence-corrected chi connectivity index (χ4v) is 1.83. The molecule has 0 fully saturated rings. The first kappa shape index (κ1) is 13.4. The highest BCUT2D eigenvalue weighted by molar-refractivity contribution is 5.06. The molecule has 14 heavy (non-hydrogen) atoms. The molecular weight excluding hydrogens is 170 g/mol. The van der Waals surface area contributed by atoms with Crippen molar-refractivity contribution in [3.63, 3.8) is 0 Å². The molecule has 0 radical (unpaired) electrons.